The van der Waals surface area contributed by atoms with Crippen LogP contribution in [0, 0.1) is 0 Å². The van der Waals surface area contributed by atoms with Crippen LogP contribution >= 0.6 is 11.3 Å². The van der Waals surface area contributed by atoms with Gasteiger partial charge in [0, 0.05) is 31.0 Å². The van der Waals surface area contributed by atoms with E-state index in [0.29, 0.717) is 24.9 Å². The van der Waals surface area contributed by atoms with Gasteiger partial charge in [-0.1, -0.05) is 0 Å². The highest BCUT2D eigenvalue weighted by Crippen LogP contribution is 2.11. The zero-order chi connectivity index (χ0) is 14.2. The number of nitrogens with zero attached hydrogens (tertiary/aromatic N) is 3. The number of thiazole rings is 1. The van der Waals surface area contributed by atoms with Crippen LogP contribution in [-0.4, -0.2) is 28.1 Å². The van der Waals surface area contributed by atoms with E-state index < -0.39 is 0 Å². The fraction of sp³-hybridized carbons (Fsp3) is 0.417. The van der Waals surface area contributed by atoms with Gasteiger partial charge in [-0.05, 0) is 6.92 Å². The van der Waals surface area contributed by atoms with E-state index in [1.165, 1.54) is 0 Å². The maximum Gasteiger partial charge on any atom is 0.158 e. The van der Waals surface area contributed by atoms with Crippen LogP contribution in [-0.2, 0) is 17.8 Å². The molecule has 8 heteroatoms. The van der Waals surface area contributed by atoms with E-state index >= 15 is 0 Å². The first-order valence-corrected chi connectivity index (χ1v) is 7.29. The smallest absolute Gasteiger partial charge is 0.158 e. The zero-order valence-electron chi connectivity index (χ0n) is 11.3. The lowest BCUT2D eigenvalue weighted by Crippen LogP contribution is -2.14. The van der Waals surface area contributed by atoms with Crippen molar-refractivity contribution in [2.75, 3.05) is 23.9 Å². The molecule has 2 aromatic rings. The molecule has 0 saturated heterocycles. The van der Waals surface area contributed by atoms with Crippen molar-refractivity contribution in [1.82, 2.24) is 15.0 Å². The summed E-state index contributed by atoms with van der Waals surface area (Å²) >= 11 is 1.60. The molecule has 2 aromatic heterocycles. The average Bonchev–Trinajstić information content (AvgIpc) is 2.98. The number of nitrogens with two attached hydrogens (primary N) is 1. The van der Waals surface area contributed by atoms with Gasteiger partial charge >= 0.3 is 0 Å². The maximum atomic E-state index is 5.40. The lowest BCUT2D eigenvalue weighted by Gasteiger charge is -2.09. The Morgan fingerprint density at radius 2 is 2.20 bits per heavy atom. The number of anilines is 2. The first kappa shape index (κ1) is 14.6. The van der Waals surface area contributed by atoms with E-state index in [1.807, 2.05) is 17.8 Å². The van der Waals surface area contributed by atoms with Gasteiger partial charge in [-0.3, -0.25) is 0 Å². The molecule has 0 aromatic carbocycles. The summed E-state index contributed by atoms with van der Waals surface area (Å²) in [7, 11) is 0. The first-order chi connectivity index (χ1) is 9.81. The fourth-order valence-corrected chi connectivity index (χ4v) is 2.19. The zero-order valence-corrected chi connectivity index (χ0v) is 12.1. The molecule has 4 N–H and O–H groups in total. The molecular weight excluding hydrogens is 276 g/mol. The minimum Gasteiger partial charge on any atom is -0.374 e. The summed E-state index contributed by atoms with van der Waals surface area (Å²) in [5.74, 6) is 7.28. The summed E-state index contributed by atoms with van der Waals surface area (Å²) in [6, 6.07) is 1.76. The van der Waals surface area contributed by atoms with Crippen molar-refractivity contribution in [3.05, 3.63) is 28.5 Å². The maximum absolute atomic E-state index is 5.40. The predicted octanol–water partition coefficient (Wildman–Crippen LogP) is 1.41. The molecule has 7 nitrogen and oxygen atoms in total. The molecular formula is C12H18N6OS. The van der Waals surface area contributed by atoms with Gasteiger partial charge in [-0.15, -0.1) is 11.3 Å². The van der Waals surface area contributed by atoms with Gasteiger partial charge in [0.05, 0.1) is 11.2 Å². The van der Waals surface area contributed by atoms with E-state index in [1.54, 1.807) is 17.4 Å². The highest BCUT2D eigenvalue weighted by molar-refractivity contribution is 7.07. The van der Waals surface area contributed by atoms with Gasteiger partial charge in [0.15, 0.2) is 5.82 Å². The van der Waals surface area contributed by atoms with Gasteiger partial charge in [0.25, 0.3) is 0 Å². The summed E-state index contributed by atoms with van der Waals surface area (Å²) in [6.07, 6.45) is 0.847. The minimum atomic E-state index is 0.368. The molecule has 0 aliphatic carbocycles. The van der Waals surface area contributed by atoms with Crippen molar-refractivity contribution in [1.29, 1.82) is 0 Å². The predicted molar refractivity (Wildman–Crippen MR) is 79.5 cm³/mol. The Morgan fingerprint density at radius 3 is 2.90 bits per heavy atom. The van der Waals surface area contributed by atoms with Gasteiger partial charge < -0.3 is 15.5 Å². The summed E-state index contributed by atoms with van der Waals surface area (Å²) in [5, 5.41) is 5.27. The average molecular weight is 294 g/mol. The Hall–Kier alpha value is -1.77. The van der Waals surface area contributed by atoms with Crippen molar-refractivity contribution >= 4 is 23.0 Å². The molecule has 0 aliphatic heterocycles. The van der Waals surface area contributed by atoms with Crippen molar-refractivity contribution in [3.8, 4) is 0 Å². The number of hydrogen-bond acceptors (Lipinski definition) is 8. The number of rotatable bonds is 8. The molecule has 0 unspecified atom stereocenters. The van der Waals surface area contributed by atoms with Crippen LogP contribution in [0.5, 0.6) is 0 Å². The van der Waals surface area contributed by atoms with Crippen LogP contribution in [0.15, 0.2) is 17.0 Å². The number of hydrazine groups is 1. The third kappa shape index (κ3) is 4.41. The largest absolute Gasteiger partial charge is 0.374 e. The third-order valence-corrected chi connectivity index (χ3v) is 3.16. The van der Waals surface area contributed by atoms with Crippen LogP contribution < -0.4 is 16.6 Å². The highest BCUT2D eigenvalue weighted by Gasteiger charge is 2.04. The Morgan fingerprint density at radius 1 is 1.35 bits per heavy atom. The molecule has 0 atom stereocenters. The second kappa shape index (κ2) is 7.73. The molecule has 20 heavy (non-hydrogen) atoms. The standard InChI is InChI=1S/C12H18N6OS/c1-2-19-6-12-16-10(5-11(17-12)18-13)14-4-3-9-7-20-8-15-9/h5,7-8H,2-4,6,13H2,1H3,(H2,14,16,17,18). The van der Waals surface area contributed by atoms with Gasteiger partial charge in [-0.25, -0.2) is 20.8 Å². The van der Waals surface area contributed by atoms with Crippen molar-refractivity contribution < 1.29 is 4.74 Å². The second-order valence-corrected chi connectivity index (χ2v) is 4.71. The van der Waals surface area contributed by atoms with E-state index in [0.717, 1.165) is 24.5 Å². The highest BCUT2D eigenvalue weighted by atomic mass is 32.1. The Kier molecular flexibility index (Phi) is 5.66. The van der Waals surface area contributed by atoms with E-state index in [-0.39, 0.29) is 0 Å². The first-order valence-electron chi connectivity index (χ1n) is 6.35. The van der Waals surface area contributed by atoms with Crippen molar-refractivity contribution in [3.63, 3.8) is 0 Å². The number of ether oxygens (including phenoxy) is 1. The van der Waals surface area contributed by atoms with Gasteiger partial charge in [-0.2, -0.15) is 0 Å². The Bertz CT molecular complexity index is 519. The number of nitrogens with one attached hydrogen (secondary N) is 2. The third-order valence-electron chi connectivity index (χ3n) is 2.53. The molecule has 0 fully saturated rings. The van der Waals surface area contributed by atoms with Gasteiger partial charge in [0.1, 0.15) is 18.2 Å². The second-order valence-electron chi connectivity index (χ2n) is 3.99. The lowest BCUT2D eigenvalue weighted by molar-refractivity contribution is 0.128. The van der Waals surface area contributed by atoms with E-state index in [2.05, 4.69) is 25.7 Å². The quantitative estimate of drug-likeness (QED) is 0.500. The Labute approximate surface area is 121 Å². The van der Waals surface area contributed by atoms with Crippen LogP contribution in [0.2, 0.25) is 0 Å². The Balaban J connectivity index is 1.94. The summed E-state index contributed by atoms with van der Waals surface area (Å²) in [4.78, 5) is 12.8. The minimum absolute atomic E-state index is 0.368. The molecule has 0 bridgehead atoms. The van der Waals surface area contributed by atoms with Crippen LogP contribution in [0.3, 0.4) is 0 Å². The molecule has 0 amide bonds. The SMILES string of the molecule is CCOCc1nc(NN)cc(NCCc2cscn2)n1. The van der Waals surface area contributed by atoms with E-state index in [4.69, 9.17) is 10.6 Å². The van der Waals surface area contributed by atoms with Crippen LogP contribution in [0.4, 0.5) is 11.6 Å². The molecule has 2 heterocycles. The molecule has 0 spiro atoms. The number of nitrogen functional groups attached to an aromatic ring is 1. The molecule has 0 aliphatic rings. The van der Waals surface area contributed by atoms with Crippen molar-refractivity contribution in [2.24, 2.45) is 5.84 Å². The fourth-order valence-electron chi connectivity index (χ4n) is 1.60. The number of hydrogen-bond donors (Lipinski definition) is 3. The molecule has 108 valence electrons. The van der Waals surface area contributed by atoms with Gasteiger partial charge in [0.2, 0.25) is 0 Å². The summed E-state index contributed by atoms with van der Waals surface area (Å²) in [5.41, 5.74) is 5.43. The topological polar surface area (TPSA) is 98.0 Å². The molecule has 2 rings (SSSR count). The normalized spacial score (nSPS) is 10.5. The van der Waals surface area contributed by atoms with E-state index in [9.17, 15) is 0 Å². The van der Waals surface area contributed by atoms with Crippen molar-refractivity contribution in [2.45, 2.75) is 20.0 Å². The van der Waals surface area contributed by atoms with Crippen LogP contribution in [0.1, 0.15) is 18.4 Å². The lowest BCUT2D eigenvalue weighted by atomic mass is 10.3. The molecule has 0 saturated carbocycles. The summed E-state index contributed by atoms with van der Waals surface area (Å²) < 4.78 is 5.31. The number of aromatic nitrogens is 3. The summed E-state index contributed by atoms with van der Waals surface area (Å²) in [6.45, 7) is 3.67. The molecule has 0 radical (unpaired) electrons. The van der Waals surface area contributed by atoms with Crippen LogP contribution in [0.25, 0.3) is 0 Å². The monoisotopic (exact) mass is 294 g/mol.